The van der Waals surface area contributed by atoms with Crippen molar-refractivity contribution in [2.45, 2.75) is 40.5 Å². The Morgan fingerprint density at radius 2 is 1.51 bits per heavy atom. The van der Waals surface area contributed by atoms with Gasteiger partial charge in [-0.15, -0.1) is 65.4 Å². The molecule has 4 heterocycles. The summed E-state index contributed by atoms with van der Waals surface area (Å²) in [5, 5.41) is 3.49. The predicted molar refractivity (Wildman–Crippen MR) is 193 cm³/mol. The molecule has 0 bridgehead atoms. The minimum Gasteiger partial charge on any atom is -0.499 e. The number of aryl methyl sites for hydroxylation is 3. The van der Waals surface area contributed by atoms with Crippen LogP contribution in [0.25, 0.3) is 65.7 Å². The predicted octanol–water partition coefficient (Wildman–Crippen LogP) is 11.9. The van der Waals surface area contributed by atoms with E-state index in [0.717, 1.165) is 44.5 Å². The van der Waals surface area contributed by atoms with Crippen molar-refractivity contribution in [1.29, 1.82) is 0 Å². The number of rotatable bonds is 4. The number of thiophene rings is 1. The molecule has 0 fully saturated rings. The smallest absolute Gasteiger partial charge is 0.138 e. The van der Waals surface area contributed by atoms with Crippen LogP contribution in [0.1, 0.15) is 41.3 Å². The Labute approximate surface area is 293 Å². The van der Waals surface area contributed by atoms with E-state index in [4.69, 9.17) is 9.40 Å². The van der Waals surface area contributed by atoms with Crippen LogP contribution in [0.15, 0.2) is 114 Å². The van der Waals surface area contributed by atoms with Crippen molar-refractivity contribution in [3.8, 4) is 33.6 Å². The van der Waals surface area contributed by atoms with E-state index in [-0.39, 0.29) is 20.1 Å². The summed E-state index contributed by atoms with van der Waals surface area (Å²) in [6, 6.07) is 39.7. The van der Waals surface area contributed by atoms with Gasteiger partial charge in [0, 0.05) is 42.8 Å². The number of pyridine rings is 2. The Morgan fingerprint density at radius 3 is 2.23 bits per heavy atom. The fourth-order valence-corrected chi connectivity index (χ4v) is 7.20. The van der Waals surface area contributed by atoms with E-state index in [0.29, 0.717) is 5.92 Å². The van der Waals surface area contributed by atoms with E-state index < -0.39 is 0 Å². The second-order valence-electron chi connectivity index (χ2n) is 12.0. The molecular formula is C42H34IrN2OS-2. The van der Waals surface area contributed by atoms with Gasteiger partial charge in [-0.2, -0.15) is 0 Å². The van der Waals surface area contributed by atoms with Crippen molar-refractivity contribution in [3.05, 3.63) is 143 Å². The van der Waals surface area contributed by atoms with Crippen molar-refractivity contribution in [2.24, 2.45) is 0 Å². The number of hydrogen-bond acceptors (Lipinski definition) is 4. The number of nitrogens with zero attached hydrogens (tertiary/aromatic N) is 2. The fourth-order valence-electron chi connectivity index (χ4n) is 6.21. The van der Waals surface area contributed by atoms with Gasteiger partial charge in [-0.25, -0.2) is 0 Å². The Bertz CT molecular complexity index is 2260. The topological polar surface area (TPSA) is 38.9 Å². The number of hydrogen-bond donors (Lipinski definition) is 0. The number of fused-ring (bicyclic) bond motifs is 5. The Kier molecular flexibility index (Phi) is 9.52. The number of furan rings is 1. The van der Waals surface area contributed by atoms with Gasteiger partial charge in [0.05, 0.1) is 10.3 Å². The van der Waals surface area contributed by atoms with E-state index in [1.807, 2.05) is 54.7 Å². The zero-order valence-electron chi connectivity index (χ0n) is 27.0. The fraction of sp³-hybridized carbons (Fsp3) is 0.143. The van der Waals surface area contributed by atoms with Crippen molar-refractivity contribution in [1.82, 2.24) is 9.97 Å². The Hall–Kier alpha value is -4.41. The molecule has 1 radical (unpaired) electrons. The zero-order valence-corrected chi connectivity index (χ0v) is 30.2. The molecule has 5 heteroatoms. The van der Waals surface area contributed by atoms with Crippen LogP contribution in [-0.4, -0.2) is 9.97 Å². The summed E-state index contributed by atoms with van der Waals surface area (Å²) in [6.45, 7) is 11.0. The molecule has 47 heavy (non-hydrogen) atoms. The largest absolute Gasteiger partial charge is 0.499 e. The van der Waals surface area contributed by atoms with Crippen molar-refractivity contribution in [3.63, 3.8) is 0 Å². The molecule has 0 unspecified atom stereocenters. The van der Waals surface area contributed by atoms with Crippen LogP contribution < -0.4 is 0 Å². The molecule has 0 aliphatic rings. The van der Waals surface area contributed by atoms with Crippen LogP contribution in [0.5, 0.6) is 0 Å². The summed E-state index contributed by atoms with van der Waals surface area (Å²) >= 11 is 1.79. The second-order valence-corrected chi connectivity index (χ2v) is 13.2. The van der Waals surface area contributed by atoms with Crippen LogP contribution in [0.4, 0.5) is 0 Å². The molecule has 8 rings (SSSR count). The van der Waals surface area contributed by atoms with E-state index in [1.165, 1.54) is 42.8 Å². The second kappa shape index (κ2) is 13.8. The molecule has 8 aromatic rings. The normalized spacial score (nSPS) is 11.1. The standard InChI is InChI=1S/C31H26NOS.C11H8N.Ir/c1-17(2)26-16-32-27(15-25(26)28-18(3)8-6-9-19(28)4)24-11-7-10-22-23-13-12-21-14-20(5)34-31(21)30(23)33-29(22)24;1-2-6-10(7-3-1)11-8-4-5-9-12-11;/h6-10,12-17H,1-5H3;1-6,8-9H;/q2*-1;. The van der Waals surface area contributed by atoms with Crippen LogP contribution >= 0.6 is 11.3 Å². The SMILES string of the molecule is Cc1cc2ccc3c4cc[c-]c(-c5cc(-c6c(C)cccc6C)c(C(C)C)cn5)c4oc3c2s1.[Ir].[c-]1ccccc1-c1ccccn1. The molecule has 0 saturated heterocycles. The van der Waals surface area contributed by atoms with Gasteiger partial charge in [-0.3, -0.25) is 0 Å². The first-order valence-corrected chi connectivity index (χ1v) is 16.4. The monoisotopic (exact) mass is 807 g/mol. The molecular weight excluding hydrogens is 773 g/mol. The van der Waals surface area contributed by atoms with Gasteiger partial charge in [0.2, 0.25) is 0 Å². The maximum atomic E-state index is 6.57. The first-order valence-electron chi connectivity index (χ1n) is 15.6. The Balaban J connectivity index is 0.000000250. The van der Waals surface area contributed by atoms with Crippen molar-refractivity contribution < 1.29 is 24.5 Å². The van der Waals surface area contributed by atoms with E-state index in [2.05, 4.69) is 100 Å². The third kappa shape index (κ3) is 6.32. The van der Waals surface area contributed by atoms with Crippen molar-refractivity contribution in [2.75, 3.05) is 0 Å². The summed E-state index contributed by atoms with van der Waals surface area (Å²) < 4.78 is 7.78. The van der Waals surface area contributed by atoms with Crippen LogP contribution in [-0.2, 0) is 20.1 Å². The Morgan fingerprint density at radius 1 is 0.723 bits per heavy atom. The van der Waals surface area contributed by atoms with Gasteiger partial charge in [0.25, 0.3) is 0 Å². The summed E-state index contributed by atoms with van der Waals surface area (Å²) in [6.07, 6.45) is 3.83. The summed E-state index contributed by atoms with van der Waals surface area (Å²) in [5.74, 6) is 0.372. The van der Waals surface area contributed by atoms with Crippen LogP contribution in [0, 0.1) is 32.9 Å². The minimum absolute atomic E-state index is 0. The van der Waals surface area contributed by atoms with Crippen molar-refractivity contribution >= 4 is 43.4 Å². The number of benzene rings is 4. The quantitative estimate of drug-likeness (QED) is 0.166. The molecule has 235 valence electrons. The first-order chi connectivity index (χ1) is 22.4. The molecule has 4 aromatic heterocycles. The molecule has 0 amide bonds. The van der Waals surface area contributed by atoms with Gasteiger partial charge in [0.15, 0.2) is 0 Å². The molecule has 3 nitrogen and oxygen atoms in total. The number of aromatic nitrogens is 2. The maximum Gasteiger partial charge on any atom is 0.138 e. The maximum absolute atomic E-state index is 6.57. The van der Waals surface area contributed by atoms with Crippen LogP contribution in [0.3, 0.4) is 0 Å². The summed E-state index contributed by atoms with van der Waals surface area (Å²) in [5.41, 5.74) is 12.0. The summed E-state index contributed by atoms with van der Waals surface area (Å²) in [7, 11) is 0. The van der Waals surface area contributed by atoms with E-state index in [1.54, 1.807) is 17.5 Å². The average molecular weight is 807 g/mol. The van der Waals surface area contributed by atoms with Gasteiger partial charge in [-0.05, 0) is 83.4 Å². The first kappa shape index (κ1) is 32.5. The molecule has 4 aromatic carbocycles. The van der Waals surface area contributed by atoms with Gasteiger partial charge in [-0.1, -0.05) is 73.3 Å². The molecule has 0 spiro atoms. The molecule has 0 saturated carbocycles. The zero-order chi connectivity index (χ0) is 31.8. The molecule has 0 atom stereocenters. The molecule has 0 aliphatic carbocycles. The van der Waals surface area contributed by atoms with E-state index in [9.17, 15) is 0 Å². The van der Waals surface area contributed by atoms with E-state index >= 15 is 0 Å². The third-order valence-corrected chi connectivity index (χ3v) is 9.49. The summed E-state index contributed by atoms with van der Waals surface area (Å²) in [4.78, 5) is 10.4. The van der Waals surface area contributed by atoms with Crippen LogP contribution in [0.2, 0.25) is 0 Å². The average Bonchev–Trinajstić information content (AvgIpc) is 3.65. The minimum atomic E-state index is 0. The van der Waals surface area contributed by atoms with Gasteiger partial charge < -0.3 is 14.4 Å². The third-order valence-electron chi connectivity index (χ3n) is 8.42. The molecule has 0 N–H and O–H groups in total. The van der Waals surface area contributed by atoms with Gasteiger partial charge in [0.1, 0.15) is 5.58 Å². The molecule has 0 aliphatic heterocycles. The van der Waals surface area contributed by atoms with Gasteiger partial charge >= 0.3 is 0 Å².